The van der Waals surface area contributed by atoms with Gasteiger partial charge in [0.05, 0.1) is 6.04 Å². The van der Waals surface area contributed by atoms with E-state index >= 15 is 0 Å². The van der Waals surface area contributed by atoms with Crippen LogP contribution in [0.2, 0.25) is 0 Å². The minimum atomic E-state index is -0.0813. The number of hydrogen-bond acceptors (Lipinski definition) is 2. The number of likely N-dealkylation sites (N-methyl/N-ethyl adjacent to an activating group) is 1. The molecule has 1 aromatic rings. The maximum absolute atomic E-state index is 12.4. The molecule has 0 saturated heterocycles. The van der Waals surface area contributed by atoms with Crippen LogP contribution >= 0.6 is 0 Å². The van der Waals surface area contributed by atoms with Crippen LogP contribution in [0, 0.1) is 5.41 Å². The van der Waals surface area contributed by atoms with E-state index in [9.17, 15) is 4.79 Å². The summed E-state index contributed by atoms with van der Waals surface area (Å²) in [6.45, 7) is 8.03. The Morgan fingerprint density at radius 2 is 1.95 bits per heavy atom. The van der Waals surface area contributed by atoms with E-state index < -0.39 is 0 Å². The monoisotopic (exact) mass is 260 g/mol. The van der Waals surface area contributed by atoms with Crippen molar-refractivity contribution in [3.8, 4) is 0 Å². The molecule has 0 fully saturated rings. The van der Waals surface area contributed by atoms with Gasteiger partial charge < -0.3 is 10.2 Å². The topological polar surface area (TPSA) is 32.3 Å². The van der Waals surface area contributed by atoms with Crippen molar-refractivity contribution < 1.29 is 4.79 Å². The second-order valence-corrected chi connectivity index (χ2v) is 6.66. The lowest BCUT2D eigenvalue weighted by atomic mass is 9.93. The highest BCUT2D eigenvalue weighted by Gasteiger charge is 2.27. The van der Waals surface area contributed by atoms with Crippen LogP contribution in [0.25, 0.3) is 0 Å². The molecular formula is C16H24N2O. The minimum absolute atomic E-state index is 0.0813. The minimum Gasteiger partial charge on any atom is -0.344 e. The molecule has 0 spiro atoms. The van der Waals surface area contributed by atoms with E-state index in [1.54, 1.807) is 0 Å². The molecule has 1 aliphatic heterocycles. The lowest BCUT2D eigenvalue weighted by Crippen LogP contribution is -2.49. The summed E-state index contributed by atoms with van der Waals surface area (Å²) in [5.41, 5.74) is 2.74. The Hall–Kier alpha value is -1.35. The predicted molar refractivity (Wildman–Crippen MR) is 77.9 cm³/mol. The van der Waals surface area contributed by atoms with Gasteiger partial charge in [-0.05, 0) is 23.0 Å². The van der Waals surface area contributed by atoms with Gasteiger partial charge in [0, 0.05) is 20.1 Å². The smallest absolute Gasteiger partial charge is 0.239 e. The molecule has 1 aliphatic rings. The second-order valence-electron chi connectivity index (χ2n) is 6.66. The third-order valence-corrected chi connectivity index (χ3v) is 3.47. The number of benzene rings is 1. The molecule has 1 amide bonds. The number of nitrogens with one attached hydrogen (secondary N) is 1. The lowest BCUT2D eigenvalue weighted by Gasteiger charge is -2.32. The van der Waals surface area contributed by atoms with Crippen molar-refractivity contribution in [2.75, 3.05) is 13.6 Å². The summed E-state index contributed by atoms with van der Waals surface area (Å²) in [7, 11) is 1.90. The molecule has 1 N–H and O–H groups in total. The summed E-state index contributed by atoms with van der Waals surface area (Å²) >= 11 is 0. The fourth-order valence-electron chi connectivity index (χ4n) is 2.68. The average molecular weight is 260 g/mol. The Balaban J connectivity index is 2.03. The van der Waals surface area contributed by atoms with Crippen LogP contribution in [0.1, 0.15) is 31.9 Å². The van der Waals surface area contributed by atoms with Crippen LogP contribution in [0.5, 0.6) is 0 Å². The van der Waals surface area contributed by atoms with Gasteiger partial charge in [0.1, 0.15) is 0 Å². The highest BCUT2D eigenvalue weighted by atomic mass is 16.2. The van der Waals surface area contributed by atoms with E-state index in [2.05, 4.69) is 38.2 Å². The summed E-state index contributed by atoms with van der Waals surface area (Å²) in [5.74, 6) is 0.199. The number of carbonyl (C=O) groups is 1. The van der Waals surface area contributed by atoms with Crippen molar-refractivity contribution >= 4 is 5.91 Å². The van der Waals surface area contributed by atoms with Gasteiger partial charge in [0.2, 0.25) is 5.91 Å². The molecule has 1 atom stereocenters. The van der Waals surface area contributed by atoms with Crippen LogP contribution in [-0.4, -0.2) is 30.4 Å². The quantitative estimate of drug-likeness (QED) is 0.884. The van der Waals surface area contributed by atoms with Gasteiger partial charge in [-0.2, -0.15) is 0 Å². The van der Waals surface area contributed by atoms with E-state index in [1.165, 1.54) is 11.1 Å². The molecule has 0 aromatic heterocycles. The van der Waals surface area contributed by atoms with Crippen molar-refractivity contribution in [1.82, 2.24) is 10.2 Å². The molecular weight excluding hydrogens is 236 g/mol. The lowest BCUT2D eigenvalue weighted by molar-refractivity contribution is -0.133. The molecule has 1 heterocycles. The fourth-order valence-corrected chi connectivity index (χ4v) is 2.68. The van der Waals surface area contributed by atoms with Gasteiger partial charge in [-0.15, -0.1) is 0 Å². The summed E-state index contributed by atoms with van der Waals surface area (Å²) in [4.78, 5) is 14.3. The maximum Gasteiger partial charge on any atom is 0.239 e. The molecule has 2 rings (SSSR count). The summed E-state index contributed by atoms with van der Waals surface area (Å²) in [6, 6.07) is 8.27. The van der Waals surface area contributed by atoms with E-state index in [0.29, 0.717) is 0 Å². The Morgan fingerprint density at radius 1 is 1.32 bits per heavy atom. The largest absolute Gasteiger partial charge is 0.344 e. The van der Waals surface area contributed by atoms with E-state index in [0.717, 1.165) is 19.5 Å². The first-order valence-corrected chi connectivity index (χ1v) is 6.92. The first-order valence-electron chi connectivity index (χ1n) is 6.92. The number of amides is 1. The Bertz CT molecular complexity index is 462. The molecule has 104 valence electrons. The molecule has 0 radical (unpaired) electrons. The summed E-state index contributed by atoms with van der Waals surface area (Å²) in [5, 5.41) is 3.35. The maximum atomic E-state index is 12.4. The van der Waals surface area contributed by atoms with E-state index in [4.69, 9.17) is 0 Å². The normalized spacial score (nSPS) is 18.8. The van der Waals surface area contributed by atoms with Crippen molar-refractivity contribution in [3.63, 3.8) is 0 Å². The molecule has 0 aliphatic carbocycles. The molecule has 19 heavy (non-hydrogen) atoms. The van der Waals surface area contributed by atoms with Crippen LogP contribution < -0.4 is 5.32 Å². The van der Waals surface area contributed by atoms with Crippen molar-refractivity contribution in [3.05, 3.63) is 35.4 Å². The average Bonchev–Trinajstić information content (AvgIpc) is 2.35. The van der Waals surface area contributed by atoms with E-state index in [-0.39, 0.29) is 17.4 Å². The van der Waals surface area contributed by atoms with Crippen LogP contribution in [-0.2, 0) is 17.8 Å². The van der Waals surface area contributed by atoms with Gasteiger partial charge in [-0.1, -0.05) is 45.0 Å². The fraction of sp³-hybridized carbons (Fsp3) is 0.562. The standard InChI is InChI=1S/C16H24N2O/c1-16(2,3)11-18(4)15(19)14-9-12-7-5-6-8-13(12)10-17-14/h5-8,14,17H,9-11H2,1-4H3/t14-/m1/s1. The molecule has 3 nitrogen and oxygen atoms in total. The Labute approximate surface area is 116 Å². The zero-order chi connectivity index (χ0) is 14.0. The van der Waals surface area contributed by atoms with Crippen LogP contribution in [0.4, 0.5) is 0 Å². The zero-order valence-electron chi connectivity index (χ0n) is 12.4. The number of fused-ring (bicyclic) bond motifs is 1. The molecule has 0 saturated carbocycles. The van der Waals surface area contributed by atoms with Gasteiger partial charge in [-0.25, -0.2) is 0 Å². The zero-order valence-corrected chi connectivity index (χ0v) is 12.4. The number of carbonyl (C=O) groups excluding carboxylic acids is 1. The van der Waals surface area contributed by atoms with Crippen molar-refractivity contribution in [1.29, 1.82) is 0 Å². The second kappa shape index (κ2) is 5.33. The summed E-state index contributed by atoms with van der Waals surface area (Å²) < 4.78 is 0. The predicted octanol–water partition coefficient (Wildman–Crippen LogP) is 2.21. The van der Waals surface area contributed by atoms with Gasteiger partial charge in [-0.3, -0.25) is 4.79 Å². The van der Waals surface area contributed by atoms with Gasteiger partial charge in [0.15, 0.2) is 0 Å². The number of nitrogens with zero attached hydrogens (tertiary/aromatic N) is 1. The van der Waals surface area contributed by atoms with Crippen LogP contribution in [0.15, 0.2) is 24.3 Å². The molecule has 0 bridgehead atoms. The highest BCUT2D eigenvalue weighted by Crippen LogP contribution is 2.19. The SMILES string of the molecule is CN(CC(C)(C)C)C(=O)[C@H]1Cc2ccccc2CN1. The molecule has 0 unspecified atom stereocenters. The van der Waals surface area contributed by atoms with Crippen LogP contribution in [0.3, 0.4) is 0 Å². The van der Waals surface area contributed by atoms with Gasteiger partial charge in [0.25, 0.3) is 0 Å². The molecule has 3 heteroatoms. The number of rotatable bonds is 2. The third-order valence-electron chi connectivity index (χ3n) is 3.47. The highest BCUT2D eigenvalue weighted by molar-refractivity contribution is 5.82. The number of hydrogen-bond donors (Lipinski definition) is 1. The summed E-state index contributed by atoms with van der Waals surface area (Å²) in [6.07, 6.45) is 0.795. The van der Waals surface area contributed by atoms with Crippen molar-refractivity contribution in [2.45, 2.75) is 39.8 Å². The third kappa shape index (κ3) is 3.57. The van der Waals surface area contributed by atoms with Gasteiger partial charge >= 0.3 is 0 Å². The van der Waals surface area contributed by atoms with Crippen molar-refractivity contribution in [2.24, 2.45) is 5.41 Å². The molecule has 1 aromatic carbocycles. The Morgan fingerprint density at radius 3 is 2.58 bits per heavy atom. The Kier molecular flexibility index (Phi) is 3.95. The first kappa shape index (κ1) is 14.1. The van der Waals surface area contributed by atoms with E-state index in [1.807, 2.05) is 24.1 Å². The first-order chi connectivity index (χ1) is 8.87.